The van der Waals surface area contributed by atoms with Crippen LogP contribution in [-0.2, 0) is 0 Å². The Morgan fingerprint density at radius 2 is 2.21 bits per heavy atom. The summed E-state index contributed by atoms with van der Waals surface area (Å²) in [5, 5.41) is 0. The molecule has 1 saturated carbocycles. The van der Waals surface area contributed by atoms with Gasteiger partial charge in [0.05, 0.1) is 0 Å². The quantitative estimate of drug-likeness (QED) is 0.631. The zero-order valence-electron chi connectivity index (χ0n) is 9.47. The van der Waals surface area contributed by atoms with E-state index in [2.05, 4.69) is 18.4 Å². The minimum absolute atomic E-state index is 0.495. The van der Waals surface area contributed by atoms with Gasteiger partial charge in [0.25, 0.3) is 0 Å². The van der Waals surface area contributed by atoms with Gasteiger partial charge in [-0.15, -0.1) is 6.58 Å². The van der Waals surface area contributed by atoms with E-state index in [9.17, 15) is 0 Å². The minimum atomic E-state index is 0.495. The smallest absolute Gasteiger partial charge is 0.0160 e. The van der Waals surface area contributed by atoms with Gasteiger partial charge in [0.1, 0.15) is 0 Å². The Morgan fingerprint density at radius 1 is 1.50 bits per heavy atom. The topological polar surface area (TPSA) is 29.3 Å². The van der Waals surface area contributed by atoms with Gasteiger partial charge in [-0.2, -0.15) is 0 Å². The third-order valence-electron chi connectivity index (χ3n) is 3.64. The molecule has 1 aliphatic rings. The average Bonchev–Trinajstić information content (AvgIpc) is 2.15. The molecule has 0 bridgehead atoms. The van der Waals surface area contributed by atoms with Crippen LogP contribution in [0.2, 0.25) is 0 Å². The van der Waals surface area contributed by atoms with Crippen LogP contribution in [0.15, 0.2) is 12.7 Å². The van der Waals surface area contributed by atoms with Gasteiger partial charge in [0.2, 0.25) is 0 Å². The molecule has 0 unspecified atom stereocenters. The molecule has 0 aliphatic heterocycles. The van der Waals surface area contributed by atoms with Crippen LogP contribution in [0.1, 0.15) is 32.6 Å². The standard InChI is InChI=1S/C12H24N2/c1-3-9-14(4-2)10-8-12(11-13)6-5-7-12/h3H,1,4-11,13H2,2H3. The van der Waals surface area contributed by atoms with Crippen molar-refractivity contribution >= 4 is 0 Å². The number of nitrogens with two attached hydrogens (primary N) is 1. The summed E-state index contributed by atoms with van der Waals surface area (Å²) in [7, 11) is 0. The van der Waals surface area contributed by atoms with Crippen molar-refractivity contribution in [2.75, 3.05) is 26.2 Å². The lowest BCUT2D eigenvalue weighted by Gasteiger charge is -2.42. The average molecular weight is 196 g/mol. The van der Waals surface area contributed by atoms with Crippen LogP contribution in [0.25, 0.3) is 0 Å². The molecule has 2 heteroatoms. The molecule has 1 fully saturated rings. The molecule has 0 heterocycles. The number of nitrogens with zero attached hydrogens (tertiary/aromatic N) is 1. The van der Waals surface area contributed by atoms with Crippen molar-refractivity contribution in [1.82, 2.24) is 4.90 Å². The molecule has 2 nitrogen and oxygen atoms in total. The molecule has 0 aromatic heterocycles. The van der Waals surface area contributed by atoms with E-state index >= 15 is 0 Å². The fourth-order valence-electron chi connectivity index (χ4n) is 2.19. The van der Waals surface area contributed by atoms with E-state index in [-0.39, 0.29) is 0 Å². The molecule has 0 aromatic carbocycles. The summed E-state index contributed by atoms with van der Waals surface area (Å²) in [6.07, 6.45) is 7.32. The van der Waals surface area contributed by atoms with Gasteiger partial charge in [-0.05, 0) is 44.3 Å². The highest BCUT2D eigenvalue weighted by Gasteiger charge is 2.35. The van der Waals surface area contributed by atoms with Crippen LogP contribution in [0.4, 0.5) is 0 Å². The van der Waals surface area contributed by atoms with Crippen LogP contribution in [0, 0.1) is 5.41 Å². The van der Waals surface area contributed by atoms with Crippen LogP contribution in [0.5, 0.6) is 0 Å². The Morgan fingerprint density at radius 3 is 2.57 bits per heavy atom. The Labute approximate surface area is 88.2 Å². The summed E-state index contributed by atoms with van der Waals surface area (Å²) in [6.45, 7) is 10.2. The van der Waals surface area contributed by atoms with Crippen LogP contribution in [-0.4, -0.2) is 31.1 Å². The van der Waals surface area contributed by atoms with Crippen LogP contribution >= 0.6 is 0 Å². The maximum atomic E-state index is 5.83. The molecule has 2 N–H and O–H groups in total. The van der Waals surface area contributed by atoms with Crippen molar-refractivity contribution in [2.24, 2.45) is 11.1 Å². The molecule has 82 valence electrons. The van der Waals surface area contributed by atoms with Gasteiger partial charge < -0.3 is 5.73 Å². The summed E-state index contributed by atoms with van der Waals surface area (Å²) >= 11 is 0. The predicted molar refractivity (Wildman–Crippen MR) is 62.3 cm³/mol. The predicted octanol–water partition coefficient (Wildman–Crippen LogP) is 2.01. The zero-order valence-corrected chi connectivity index (χ0v) is 9.47. The second-order valence-corrected chi connectivity index (χ2v) is 4.49. The van der Waals surface area contributed by atoms with Crippen LogP contribution in [0.3, 0.4) is 0 Å². The van der Waals surface area contributed by atoms with Gasteiger partial charge in [-0.25, -0.2) is 0 Å². The Balaban J connectivity index is 2.26. The second kappa shape index (κ2) is 5.52. The zero-order chi connectivity index (χ0) is 10.4. The van der Waals surface area contributed by atoms with E-state index in [1.807, 2.05) is 6.08 Å². The fraction of sp³-hybridized carbons (Fsp3) is 0.833. The van der Waals surface area contributed by atoms with Gasteiger partial charge in [0.15, 0.2) is 0 Å². The van der Waals surface area contributed by atoms with E-state index in [1.165, 1.54) is 32.2 Å². The second-order valence-electron chi connectivity index (χ2n) is 4.49. The lowest BCUT2D eigenvalue weighted by molar-refractivity contribution is 0.110. The summed E-state index contributed by atoms with van der Waals surface area (Å²) in [4.78, 5) is 2.43. The normalized spacial score (nSPS) is 19.4. The van der Waals surface area contributed by atoms with Crippen molar-refractivity contribution < 1.29 is 0 Å². The molecule has 1 rings (SSSR count). The third kappa shape index (κ3) is 2.82. The maximum absolute atomic E-state index is 5.83. The van der Waals surface area contributed by atoms with Crippen molar-refractivity contribution in [1.29, 1.82) is 0 Å². The summed E-state index contributed by atoms with van der Waals surface area (Å²) < 4.78 is 0. The molecule has 0 saturated heterocycles. The fourth-order valence-corrected chi connectivity index (χ4v) is 2.19. The Bertz CT molecular complexity index is 168. The summed E-state index contributed by atoms with van der Waals surface area (Å²) in [5.41, 5.74) is 6.33. The first kappa shape index (κ1) is 11.7. The minimum Gasteiger partial charge on any atom is -0.330 e. The first-order chi connectivity index (χ1) is 6.76. The van der Waals surface area contributed by atoms with Gasteiger partial charge >= 0.3 is 0 Å². The highest BCUT2D eigenvalue weighted by atomic mass is 15.1. The number of likely N-dealkylation sites (N-methyl/N-ethyl adjacent to an activating group) is 1. The summed E-state index contributed by atoms with van der Waals surface area (Å²) in [5.74, 6) is 0. The molecular formula is C12H24N2. The third-order valence-corrected chi connectivity index (χ3v) is 3.64. The Hall–Kier alpha value is -0.340. The molecular weight excluding hydrogens is 172 g/mol. The number of rotatable bonds is 7. The van der Waals surface area contributed by atoms with E-state index in [4.69, 9.17) is 5.73 Å². The molecule has 0 aromatic rings. The first-order valence-electron chi connectivity index (χ1n) is 5.79. The van der Waals surface area contributed by atoms with E-state index < -0.39 is 0 Å². The van der Waals surface area contributed by atoms with Crippen molar-refractivity contribution in [3.8, 4) is 0 Å². The highest BCUT2D eigenvalue weighted by molar-refractivity contribution is 4.89. The van der Waals surface area contributed by atoms with E-state index in [0.29, 0.717) is 5.41 Å². The monoisotopic (exact) mass is 196 g/mol. The lowest BCUT2D eigenvalue weighted by Crippen LogP contribution is -2.40. The van der Waals surface area contributed by atoms with E-state index in [0.717, 1.165) is 19.6 Å². The van der Waals surface area contributed by atoms with Gasteiger partial charge in [-0.3, -0.25) is 4.90 Å². The number of hydrogen-bond acceptors (Lipinski definition) is 2. The van der Waals surface area contributed by atoms with Gasteiger partial charge in [0, 0.05) is 6.54 Å². The van der Waals surface area contributed by atoms with E-state index in [1.54, 1.807) is 0 Å². The lowest BCUT2D eigenvalue weighted by atomic mass is 9.66. The maximum Gasteiger partial charge on any atom is 0.0160 e. The molecule has 14 heavy (non-hydrogen) atoms. The first-order valence-corrected chi connectivity index (χ1v) is 5.79. The SMILES string of the molecule is C=CCN(CC)CCC1(CN)CCC1. The van der Waals surface area contributed by atoms with Crippen molar-refractivity contribution in [2.45, 2.75) is 32.6 Å². The number of hydrogen-bond donors (Lipinski definition) is 1. The molecule has 0 radical (unpaired) electrons. The van der Waals surface area contributed by atoms with Crippen molar-refractivity contribution in [3.05, 3.63) is 12.7 Å². The molecule has 0 amide bonds. The summed E-state index contributed by atoms with van der Waals surface area (Å²) in [6, 6.07) is 0. The van der Waals surface area contributed by atoms with Gasteiger partial charge in [-0.1, -0.05) is 19.4 Å². The molecule has 0 spiro atoms. The molecule has 0 atom stereocenters. The van der Waals surface area contributed by atoms with Crippen LogP contribution < -0.4 is 5.73 Å². The van der Waals surface area contributed by atoms with Crippen molar-refractivity contribution in [3.63, 3.8) is 0 Å². The Kier molecular flexibility index (Phi) is 4.63. The molecule has 1 aliphatic carbocycles. The largest absolute Gasteiger partial charge is 0.330 e. The highest BCUT2D eigenvalue weighted by Crippen LogP contribution is 2.42.